The Morgan fingerprint density at radius 2 is 2.00 bits per heavy atom. The van der Waals surface area contributed by atoms with Crippen LogP contribution in [0.25, 0.3) is 10.4 Å². The molecule has 0 aromatic carbocycles. The number of ether oxygens (including phenoxy) is 1. The number of azide groups is 1. The van der Waals surface area contributed by atoms with E-state index in [-0.39, 0.29) is 18.6 Å². The average Bonchev–Trinajstić information content (AvgIpc) is 2.25. The standard InChI is InChI=1S/C12H22N4O3/c1-12(2,3)19-11(18)8-9(13)10(17)6-4-5-7-15-16-14/h9H,4-8,13H2,1-3H3. The molecule has 0 saturated heterocycles. The van der Waals surface area contributed by atoms with Crippen molar-refractivity contribution in [1.29, 1.82) is 0 Å². The number of esters is 1. The Balaban J connectivity index is 3.93. The van der Waals surface area contributed by atoms with Crippen LogP contribution in [0.3, 0.4) is 0 Å². The van der Waals surface area contributed by atoms with Crippen molar-refractivity contribution in [1.82, 2.24) is 0 Å². The first-order chi connectivity index (χ1) is 8.76. The maximum atomic E-state index is 11.6. The second-order valence-electron chi connectivity index (χ2n) is 5.27. The number of ketones is 1. The molecule has 1 unspecified atom stereocenters. The van der Waals surface area contributed by atoms with E-state index in [1.807, 2.05) is 0 Å². The molecule has 108 valence electrons. The molecule has 0 aromatic rings. The summed E-state index contributed by atoms with van der Waals surface area (Å²) in [5, 5.41) is 3.37. The molecule has 1 atom stereocenters. The summed E-state index contributed by atoms with van der Waals surface area (Å²) >= 11 is 0. The fourth-order valence-electron chi connectivity index (χ4n) is 1.39. The number of carbonyl (C=O) groups excluding carboxylic acids is 2. The molecule has 7 heteroatoms. The maximum absolute atomic E-state index is 11.6. The highest BCUT2D eigenvalue weighted by molar-refractivity contribution is 5.88. The largest absolute Gasteiger partial charge is 0.460 e. The molecule has 0 rings (SSSR count). The van der Waals surface area contributed by atoms with Gasteiger partial charge < -0.3 is 10.5 Å². The highest BCUT2D eigenvalue weighted by Crippen LogP contribution is 2.10. The second-order valence-corrected chi connectivity index (χ2v) is 5.27. The number of carbonyl (C=O) groups is 2. The molecule has 0 bridgehead atoms. The third-order valence-corrected chi connectivity index (χ3v) is 2.21. The molecule has 7 nitrogen and oxygen atoms in total. The van der Waals surface area contributed by atoms with E-state index in [1.165, 1.54) is 0 Å². The third kappa shape index (κ3) is 10.1. The van der Waals surface area contributed by atoms with E-state index < -0.39 is 17.6 Å². The minimum atomic E-state index is -0.825. The maximum Gasteiger partial charge on any atom is 0.308 e. The third-order valence-electron chi connectivity index (χ3n) is 2.21. The van der Waals surface area contributed by atoms with E-state index in [2.05, 4.69) is 10.0 Å². The van der Waals surface area contributed by atoms with E-state index in [0.29, 0.717) is 19.4 Å². The van der Waals surface area contributed by atoms with Gasteiger partial charge in [0.15, 0.2) is 0 Å². The monoisotopic (exact) mass is 270 g/mol. The first kappa shape index (κ1) is 17.4. The van der Waals surface area contributed by atoms with Crippen molar-refractivity contribution in [3.05, 3.63) is 10.4 Å². The van der Waals surface area contributed by atoms with Crippen molar-refractivity contribution in [2.75, 3.05) is 6.54 Å². The molecular formula is C12H22N4O3. The number of unbranched alkanes of at least 4 members (excludes halogenated alkanes) is 1. The van der Waals surface area contributed by atoms with Crippen LogP contribution in [-0.2, 0) is 14.3 Å². The molecule has 0 aliphatic rings. The number of rotatable bonds is 8. The zero-order chi connectivity index (χ0) is 14.9. The van der Waals surface area contributed by atoms with Crippen molar-refractivity contribution in [3.8, 4) is 0 Å². The summed E-state index contributed by atoms with van der Waals surface area (Å²) in [7, 11) is 0. The van der Waals surface area contributed by atoms with Gasteiger partial charge >= 0.3 is 5.97 Å². The molecular weight excluding hydrogens is 248 g/mol. The van der Waals surface area contributed by atoms with Crippen LogP contribution < -0.4 is 5.73 Å². The molecule has 0 aliphatic heterocycles. The fourth-order valence-corrected chi connectivity index (χ4v) is 1.39. The van der Waals surface area contributed by atoms with Crippen LogP contribution in [0.2, 0.25) is 0 Å². The first-order valence-electron chi connectivity index (χ1n) is 6.27. The topological polar surface area (TPSA) is 118 Å². The van der Waals surface area contributed by atoms with Crippen LogP contribution in [0.5, 0.6) is 0 Å². The molecule has 0 radical (unpaired) electrons. The highest BCUT2D eigenvalue weighted by Gasteiger charge is 2.21. The van der Waals surface area contributed by atoms with Gasteiger partial charge in [-0.05, 0) is 39.1 Å². The van der Waals surface area contributed by atoms with Gasteiger partial charge in [0.05, 0.1) is 12.5 Å². The lowest BCUT2D eigenvalue weighted by atomic mass is 10.0. The summed E-state index contributed by atoms with van der Waals surface area (Å²) in [6, 6.07) is -0.825. The molecule has 19 heavy (non-hydrogen) atoms. The van der Waals surface area contributed by atoms with Crippen LogP contribution in [0.15, 0.2) is 5.11 Å². The molecule has 0 amide bonds. The summed E-state index contributed by atoms with van der Waals surface area (Å²) in [5.41, 5.74) is 13.1. The van der Waals surface area contributed by atoms with Crippen molar-refractivity contribution in [3.63, 3.8) is 0 Å². The molecule has 0 aliphatic carbocycles. The Kier molecular flexibility index (Phi) is 7.79. The van der Waals surface area contributed by atoms with Crippen molar-refractivity contribution in [2.45, 2.75) is 58.1 Å². The Morgan fingerprint density at radius 3 is 2.53 bits per heavy atom. The molecule has 0 aromatic heterocycles. The fraction of sp³-hybridized carbons (Fsp3) is 0.833. The molecule has 2 N–H and O–H groups in total. The lowest BCUT2D eigenvalue weighted by molar-refractivity contribution is -0.156. The number of hydrogen-bond donors (Lipinski definition) is 1. The van der Waals surface area contributed by atoms with Crippen molar-refractivity contribution in [2.24, 2.45) is 10.8 Å². The quantitative estimate of drug-likeness (QED) is 0.239. The first-order valence-corrected chi connectivity index (χ1v) is 6.27. The summed E-state index contributed by atoms with van der Waals surface area (Å²) < 4.78 is 5.09. The average molecular weight is 270 g/mol. The van der Waals surface area contributed by atoms with Crippen LogP contribution in [0.1, 0.15) is 46.5 Å². The van der Waals surface area contributed by atoms with Gasteiger partial charge in [-0.3, -0.25) is 9.59 Å². The normalized spacial score (nSPS) is 12.4. The highest BCUT2D eigenvalue weighted by atomic mass is 16.6. The number of nitrogens with two attached hydrogens (primary N) is 1. The Hall–Kier alpha value is -1.59. The number of nitrogens with zero attached hydrogens (tertiary/aromatic N) is 3. The van der Waals surface area contributed by atoms with E-state index >= 15 is 0 Å². The van der Waals surface area contributed by atoms with Crippen LogP contribution >= 0.6 is 0 Å². The smallest absolute Gasteiger partial charge is 0.308 e. The number of Topliss-reactive ketones (excluding diaryl/α,β-unsaturated/α-hetero) is 1. The lowest BCUT2D eigenvalue weighted by Gasteiger charge is -2.20. The van der Waals surface area contributed by atoms with E-state index in [1.54, 1.807) is 20.8 Å². The van der Waals surface area contributed by atoms with Crippen molar-refractivity contribution >= 4 is 11.8 Å². The van der Waals surface area contributed by atoms with Crippen LogP contribution in [0, 0.1) is 0 Å². The van der Waals surface area contributed by atoms with Gasteiger partial charge in [0.1, 0.15) is 11.4 Å². The van der Waals surface area contributed by atoms with Gasteiger partial charge in [0.25, 0.3) is 0 Å². The van der Waals surface area contributed by atoms with E-state index in [0.717, 1.165) is 0 Å². The summed E-state index contributed by atoms with van der Waals surface area (Å²) in [5.74, 6) is -0.644. The Morgan fingerprint density at radius 1 is 1.37 bits per heavy atom. The van der Waals surface area contributed by atoms with Gasteiger partial charge in [-0.2, -0.15) is 0 Å². The Labute approximate surface area is 113 Å². The van der Waals surface area contributed by atoms with Crippen molar-refractivity contribution < 1.29 is 14.3 Å². The second kappa shape index (κ2) is 8.50. The van der Waals surface area contributed by atoms with E-state index in [9.17, 15) is 9.59 Å². The van der Waals surface area contributed by atoms with Gasteiger partial charge in [-0.15, -0.1) is 0 Å². The SMILES string of the molecule is CC(C)(C)OC(=O)CC(N)C(=O)CCCCN=[N+]=[N-]. The minimum Gasteiger partial charge on any atom is -0.460 e. The molecule has 0 heterocycles. The zero-order valence-electron chi connectivity index (χ0n) is 11.8. The van der Waals surface area contributed by atoms with Crippen LogP contribution in [-0.4, -0.2) is 29.9 Å². The zero-order valence-corrected chi connectivity index (χ0v) is 11.8. The molecule has 0 fully saturated rings. The van der Waals surface area contributed by atoms with Gasteiger partial charge in [-0.25, -0.2) is 0 Å². The van der Waals surface area contributed by atoms with Gasteiger partial charge in [-0.1, -0.05) is 5.11 Å². The Bertz CT molecular complexity index is 356. The predicted molar refractivity (Wildman–Crippen MR) is 71.3 cm³/mol. The summed E-state index contributed by atoms with van der Waals surface area (Å²) in [6.45, 7) is 5.64. The van der Waals surface area contributed by atoms with E-state index in [4.69, 9.17) is 16.0 Å². The summed E-state index contributed by atoms with van der Waals surface area (Å²) in [6.07, 6.45) is 1.41. The molecule has 0 saturated carbocycles. The number of hydrogen-bond acceptors (Lipinski definition) is 5. The molecule has 0 spiro atoms. The minimum absolute atomic E-state index is 0.105. The lowest BCUT2D eigenvalue weighted by Crippen LogP contribution is -2.35. The van der Waals surface area contributed by atoms with Crippen LogP contribution in [0.4, 0.5) is 0 Å². The summed E-state index contributed by atoms with van der Waals surface area (Å²) in [4.78, 5) is 25.7. The predicted octanol–water partition coefficient (Wildman–Crippen LogP) is 2.10. The van der Waals surface area contributed by atoms with Gasteiger partial charge in [0, 0.05) is 17.9 Å². The van der Waals surface area contributed by atoms with Gasteiger partial charge in [0.2, 0.25) is 0 Å².